The van der Waals surface area contributed by atoms with E-state index in [0.29, 0.717) is 25.6 Å². The first-order valence-corrected chi connectivity index (χ1v) is 11.8. The van der Waals surface area contributed by atoms with Gasteiger partial charge in [-0.25, -0.2) is 9.78 Å². The summed E-state index contributed by atoms with van der Waals surface area (Å²) in [5, 5.41) is 0. The molecule has 0 radical (unpaired) electrons. The van der Waals surface area contributed by atoms with Crippen molar-refractivity contribution in [1.82, 2.24) is 19.8 Å². The first-order chi connectivity index (χ1) is 16.0. The van der Waals surface area contributed by atoms with E-state index < -0.39 is 0 Å². The van der Waals surface area contributed by atoms with E-state index in [9.17, 15) is 4.79 Å². The van der Waals surface area contributed by atoms with Gasteiger partial charge in [0.05, 0.1) is 13.1 Å². The molecule has 1 aliphatic heterocycles. The van der Waals surface area contributed by atoms with E-state index in [1.807, 2.05) is 23.0 Å². The van der Waals surface area contributed by atoms with E-state index in [1.165, 1.54) is 0 Å². The number of amides is 2. The smallest absolute Gasteiger partial charge is 0.320 e. The minimum absolute atomic E-state index is 0.0700. The van der Waals surface area contributed by atoms with Crippen LogP contribution in [0.1, 0.15) is 37.8 Å². The molecule has 1 atom stereocenters. The summed E-state index contributed by atoms with van der Waals surface area (Å²) in [5.74, 6) is 2.39. The lowest BCUT2D eigenvalue weighted by molar-refractivity contribution is 0.152. The van der Waals surface area contributed by atoms with Crippen LogP contribution in [0.3, 0.4) is 0 Å². The molecule has 0 saturated heterocycles. The molecule has 6 nitrogen and oxygen atoms in total. The van der Waals surface area contributed by atoms with Crippen molar-refractivity contribution in [1.29, 1.82) is 0 Å². The largest absolute Gasteiger partial charge is 0.491 e. The number of carbonyl (C=O) groups excluding carboxylic acids is 1. The van der Waals surface area contributed by atoms with Gasteiger partial charge >= 0.3 is 6.03 Å². The molecule has 0 fully saturated rings. The molecule has 0 saturated carbocycles. The number of aromatic amines is 1. The van der Waals surface area contributed by atoms with Gasteiger partial charge in [0.15, 0.2) is 0 Å². The van der Waals surface area contributed by atoms with Crippen LogP contribution in [0.4, 0.5) is 4.79 Å². The molecule has 1 aromatic heterocycles. The molecule has 1 N–H and O–H groups in total. The van der Waals surface area contributed by atoms with E-state index in [1.54, 1.807) is 6.20 Å². The number of imidazole rings is 1. The topological polar surface area (TPSA) is 61.5 Å². The van der Waals surface area contributed by atoms with Crippen LogP contribution in [0.25, 0.3) is 22.5 Å². The lowest BCUT2D eigenvalue weighted by atomic mass is 9.98. The predicted molar refractivity (Wildman–Crippen MR) is 132 cm³/mol. The summed E-state index contributed by atoms with van der Waals surface area (Å²) in [6.07, 6.45) is 5.75. The van der Waals surface area contributed by atoms with Crippen molar-refractivity contribution >= 4 is 6.03 Å². The van der Waals surface area contributed by atoms with Crippen molar-refractivity contribution < 1.29 is 9.53 Å². The zero-order valence-electron chi connectivity index (χ0n) is 20.1. The molecule has 6 heteroatoms. The van der Waals surface area contributed by atoms with Crippen LogP contribution in [-0.4, -0.2) is 52.5 Å². The Kier molecular flexibility index (Phi) is 7.02. The summed E-state index contributed by atoms with van der Waals surface area (Å²) in [6.45, 7) is 8.94. The Morgan fingerprint density at radius 3 is 2.67 bits per heavy atom. The van der Waals surface area contributed by atoms with Gasteiger partial charge in [-0.3, -0.25) is 0 Å². The highest BCUT2D eigenvalue weighted by Crippen LogP contribution is 2.33. The second-order valence-electron chi connectivity index (χ2n) is 9.07. The molecule has 2 heterocycles. The lowest BCUT2D eigenvalue weighted by Crippen LogP contribution is -2.42. The molecule has 3 aromatic rings. The maximum absolute atomic E-state index is 13.1. The number of carbonyl (C=O) groups is 1. The summed E-state index contributed by atoms with van der Waals surface area (Å²) in [6, 6.07) is 12.8. The number of hydrogen-bond acceptors (Lipinski definition) is 3. The van der Waals surface area contributed by atoms with Gasteiger partial charge in [-0.1, -0.05) is 44.5 Å². The first kappa shape index (κ1) is 22.9. The van der Waals surface area contributed by atoms with Crippen LogP contribution in [0.5, 0.6) is 5.75 Å². The van der Waals surface area contributed by atoms with Crippen LogP contribution in [-0.2, 0) is 6.54 Å². The lowest BCUT2D eigenvalue weighted by Gasteiger charge is -2.27. The van der Waals surface area contributed by atoms with Crippen molar-refractivity contribution in [2.24, 2.45) is 5.92 Å². The molecule has 4 rings (SSSR count). The normalized spacial score (nSPS) is 14.2. The first-order valence-electron chi connectivity index (χ1n) is 11.8. The Labute approximate surface area is 196 Å². The Morgan fingerprint density at radius 2 is 1.97 bits per heavy atom. The molecule has 0 bridgehead atoms. The minimum atomic E-state index is 0.0700. The number of urea groups is 1. The van der Waals surface area contributed by atoms with E-state index in [4.69, 9.17) is 4.74 Å². The van der Waals surface area contributed by atoms with Crippen molar-refractivity contribution in [3.8, 4) is 28.3 Å². The number of rotatable bonds is 6. The number of hydrogen-bond donors (Lipinski definition) is 1. The Balaban J connectivity index is 1.54. The van der Waals surface area contributed by atoms with Gasteiger partial charge < -0.3 is 19.5 Å². The highest BCUT2D eigenvalue weighted by molar-refractivity contribution is 5.75. The zero-order valence-corrected chi connectivity index (χ0v) is 20.1. The van der Waals surface area contributed by atoms with Crippen molar-refractivity contribution in [2.45, 2.75) is 40.2 Å². The van der Waals surface area contributed by atoms with Crippen molar-refractivity contribution in [3.05, 3.63) is 59.9 Å². The summed E-state index contributed by atoms with van der Waals surface area (Å²) >= 11 is 0. The monoisotopic (exact) mass is 446 g/mol. The van der Waals surface area contributed by atoms with Gasteiger partial charge in [0.2, 0.25) is 0 Å². The zero-order chi connectivity index (χ0) is 23.4. The SMILES string of the molecule is CCC(C)CCN(C)C(=O)N1CCOc2c(C)cc(-c3ccc(-c4ncc[nH]4)cc3)cc2C1. The van der Waals surface area contributed by atoms with Crippen LogP contribution in [0.15, 0.2) is 48.8 Å². The fourth-order valence-corrected chi connectivity index (χ4v) is 4.24. The molecule has 0 spiro atoms. The van der Waals surface area contributed by atoms with E-state index in [2.05, 4.69) is 67.1 Å². The summed E-state index contributed by atoms with van der Waals surface area (Å²) in [7, 11) is 1.90. The van der Waals surface area contributed by atoms with E-state index in [0.717, 1.165) is 58.8 Å². The number of aryl methyl sites for hydroxylation is 1. The molecular weight excluding hydrogens is 412 g/mol. The quantitative estimate of drug-likeness (QED) is 0.526. The summed E-state index contributed by atoms with van der Waals surface area (Å²) in [5.41, 5.74) is 5.46. The Morgan fingerprint density at radius 1 is 1.21 bits per heavy atom. The molecule has 0 aliphatic carbocycles. The van der Waals surface area contributed by atoms with Gasteiger partial charge in [0, 0.05) is 37.1 Å². The minimum Gasteiger partial charge on any atom is -0.491 e. The Hall–Kier alpha value is -3.28. The van der Waals surface area contributed by atoms with E-state index in [-0.39, 0.29) is 6.03 Å². The molecular formula is C27H34N4O2. The molecule has 2 aromatic carbocycles. The molecule has 2 amide bonds. The van der Waals surface area contributed by atoms with Gasteiger partial charge in [0.1, 0.15) is 18.2 Å². The van der Waals surface area contributed by atoms with Gasteiger partial charge in [-0.15, -0.1) is 0 Å². The fourth-order valence-electron chi connectivity index (χ4n) is 4.24. The van der Waals surface area contributed by atoms with Crippen LogP contribution in [0, 0.1) is 12.8 Å². The highest BCUT2D eigenvalue weighted by atomic mass is 16.5. The number of fused-ring (bicyclic) bond motifs is 1. The summed E-state index contributed by atoms with van der Waals surface area (Å²) in [4.78, 5) is 24.4. The average Bonchev–Trinajstić information content (AvgIpc) is 3.28. The molecule has 1 aliphatic rings. The van der Waals surface area contributed by atoms with E-state index >= 15 is 0 Å². The highest BCUT2D eigenvalue weighted by Gasteiger charge is 2.24. The number of nitrogens with one attached hydrogen (secondary N) is 1. The van der Waals surface area contributed by atoms with Crippen LogP contribution in [0.2, 0.25) is 0 Å². The third-order valence-electron chi connectivity index (χ3n) is 6.56. The third kappa shape index (κ3) is 5.21. The molecule has 1 unspecified atom stereocenters. The number of nitrogens with zero attached hydrogens (tertiary/aromatic N) is 3. The number of ether oxygens (including phenoxy) is 1. The average molecular weight is 447 g/mol. The Bertz CT molecular complexity index is 1080. The third-order valence-corrected chi connectivity index (χ3v) is 6.56. The molecule has 174 valence electrons. The summed E-state index contributed by atoms with van der Waals surface area (Å²) < 4.78 is 6.09. The molecule has 33 heavy (non-hydrogen) atoms. The van der Waals surface area contributed by atoms with Gasteiger partial charge in [-0.2, -0.15) is 0 Å². The van der Waals surface area contributed by atoms with Gasteiger partial charge in [-0.05, 0) is 48.1 Å². The number of benzene rings is 2. The standard InChI is InChI=1S/C27H34N4O2/c1-5-19(2)10-13-30(4)27(32)31-14-15-33-25-20(3)16-23(17-24(25)18-31)21-6-8-22(9-7-21)26-28-11-12-29-26/h6-9,11-12,16-17,19H,5,10,13-15,18H2,1-4H3,(H,28,29). The van der Waals surface area contributed by atoms with Crippen LogP contribution >= 0.6 is 0 Å². The second-order valence-corrected chi connectivity index (χ2v) is 9.07. The number of H-pyrrole nitrogens is 1. The maximum atomic E-state index is 13.1. The number of aromatic nitrogens is 2. The van der Waals surface area contributed by atoms with Crippen molar-refractivity contribution in [3.63, 3.8) is 0 Å². The van der Waals surface area contributed by atoms with Crippen molar-refractivity contribution in [2.75, 3.05) is 26.7 Å². The predicted octanol–water partition coefficient (Wildman–Crippen LogP) is 5.73. The van der Waals surface area contributed by atoms with Crippen LogP contribution < -0.4 is 4.74 Å². The van der Waals surface area contributed by atoms with Gasteiger partial charge in [0.25, 0.3) is 0 Å². The maximum Gasteiger partial charge on any atom is 0.320 e. The fraction of sp³-hybridized carbons (Fsp3) is 0.407. The second kappa shape index (κ2) is 10.1.